The average Bonchev–Trinajstić information content (AvgIpc) is 2.76. The molecular weight excluding hydrogens is 333 g/mol. The fourth-order valence-electron chi connectivity index (χ4n) is 2.41. The second kappa shape index (κ2) is 4.37. The van der Waals surface area contributed by atoms with Crippen LogP contribution in [-0.4, -0.2) is 14.4 Å². The van der Waals surface area contributed by atoms with Gasteiger partial charge in [-0.25, -0.2) is 9.38 Å². The highest BCUT2D eigenvalue weighted by atomic mass is 35.5. The molecular formula is C14H6Cl3N3O. The molecule has 4 rings (SSSR count). The first-order valence-electron chi connectivity index (χ1n) is 6.03. The van der Waals surface area contributed by atoms with Crippen LogP contribution in [0.15, 0.2) is 35.1 Å². The van der Waals surface area contributed by atoms with Gasteiger partial charge in [0.25, 0.3) is 5.56 Å². The van der Waals surface area contributed by atoms with Crippen LogP contribution in [0.1, 0.15) is 0 Å². The van der Waals surface area contributed by atoms with Gasteiger partial charge in [-0.2, -0.15) is 0 Å². The number of halogens is 3. The summed E-state index contributed by atoms with van der Waals surface area (Å²) < 4.78 is 1.48. The van der Waals surface area contributed by atoms with E-state index in [0.29, 0.717) is 42.8 Å². The Bertz CT molecular complexity index is 1100. The molecule has 0 bridgehead atoms. The van der Waals surface area contributed by atoms with Gasteiger partial charge in [-0.15, -0.1) is 0 Å². The number of hydrogen-bond acceptors (Lipinski definition) is 2. The largest absolute Gasteiger partial charge is 0.323 e. The monoisotopic (exact) mass is 337 g/mol. The summed E-state index contributed by atoms with van der Waals surface area (Å²) in [7, 11) is 0. The normalized spacial score (nSPS) is 11.8. The van der Waals surface area contributed by atoms with Gasteiger partial charge < -0.3 is 4.98 Å². The average molecular weight is 339 g/mol. The Balaban J connectivity index is 2.28. The van der Waals surface area contributed by atoms with E-state index in [-0.39, 0.29) is 5.56 Å². The summed E-state index contributed by atoms with van der Waals surface area (Å²) in [5, 5.41) is 1.81. The maximum atomic E-state index is 12.7. The molecule has 2 heterocycles. The number of nitrogens with one attached hydrogen (secondary N) is 1. The molecule has 7 heteroatoms. The zero-order chi connectivity index (χ0) is 14.7. The molecule has 2 aromatic carbocycles. The van der Waals surface area contributed by atoms with Crippen LogP contribution in [-0.2, 0) is 0 Å². The SMILES string of the molecule is O=c1c2ccc(Cl)cc2nc2[nH]c3cc(Cl)c(Cl)cc3n12. The first-order valence-corrected chi connectivity index (χ1v) is 7.17. The Labute approximate surface area is 132 Å². The third-order valence-corrected chi connectivity index (χ3v) is 4.31. The van der Waals surface area contributed by atoms with Crippen molar-refractivity contribution < 1.29 is 0 Å². The fourth-order valence-corrected chi connectivity index (χ4v) is 2.90. The standard InChI is InChI=1S/C14H6Cl3N3O/c15-6-1-2-7-10(3-6)18-14-19-11-4-8(16)9(17)5-12(11)20(14)13(7)21/h1-5H,(H,18,19). The van der Waals surface area contributed by atoms with Crippen molar-refractivity contribution in [2.45, 2.75) is 0 Å². The highest BCUT2D eigenvalue weighted by molar-refractivity contribution is 6.42. The quantitative estimate of drug-likeness (QED) is 0.520. The van der Waals surface area contributed by atoms with E-state index in [1.54, 1.807) is 30.3 Å². The van der Waals surface area contributed by atoms with Gasteiger partial charge in [0.15, 0.2) is 0 Å². The van der Waals surface area contributed by atoms with Crippen molar-refractivity contribution >= 4 is 62.5 Å². The van der Waals surface area contributed by atoms with Crippen molar-refractivity contribution in [3.63, 3.8) is 0 Å². The molecule has 4 aromatic rings. The third-order valence-electron chi connectivity index (χ3n) is 3.36. The number of rotatable bonds is 0. The molecule has 104 valence electrons. The molecule has 4 nitrogen and oxygen atoms in total. The lowest BCUT2D eigenvalue weighted by Crippen LogP contribution is -2.13. The topological polar surface area (TPSA) is 50.2 Å². The second-order valence-electron chi connectivity index (χ2n) is 4.65. The van der Waals surface area contributed by atoms with Crippen LogP contribution in [0.2, 0.25) is 15.1 Å². The molecule has 0 atom stereocenters. The number of fused-ring (bicyclic) bond motifs is 4. The molecule has 2 aromatic heterocycles. The molecule has 1 N–H and O–H groups in total. The summed E-state index contributed by atoms with van der Waals surface area (Å²) in [4.78, 5) is 20.2. The van der Waals surface area contributed by atoms with E-state index >= 15 is 0 Å². The predicted molar refractivity (Wildman–Crippen MR) is 85.9 cm³/mol. The summed E-state index contributed by atoms with van der Waals surface area (Å²) >= 11 is 18.0. The van der Waals surface area contributed by atoms with E-state index < -0.39 is 0 Å². The molecule has 0 unspecified atom stereocenters. The zero-order valence-electron chi connectivity index (χ0n) is 10.3. The summed E-state index contributed by atoms with van der Waals surface area (Å²) in [5.74, 6) is 0.420. The van der Waals surface area contributed by atoms with Crippen LogP contribution in [0.25, 0.3) is 27.7 Å². The van der Waals surface area contributed by atoms with Crippen LogP contribution in [0.4, 0.5) is 0 Å². The van der Waals surface area contributed by atoms with E-state index in [4.69, 9.17) is 34.8 Å². The highest BCUT2D eigenvalue weighted by Gasteiger charge is 2.13. The molecule has 0 fully saturated rings. The summed E-state index contributed by atoms with van der Waals surface area (Å²) in [6.07, 6.45) is 0. The number of H-pyrrole nitrogens is 1. The van der Waals surface area contributed by atoms with Gasteiger partial charge in [0.05, 0.1) is 32.0 Å². The van der Waals surface area contributed by atoms with Crippen molar-refractivity contribution in [1.29, 1.82) is 0 Å². The lowest BCUT2D eigenvalue weighted by molar-refractivity contribution is 1.12. The lowest BCUT2D eigenvalue weighted by atomic mass is 10.2. The van der Waals surface area contributed by atoms with Crippen LogP contribution < -0.4 is 5.56 Å². The minimum atomic E-state index is -0.184. The van der Waals surface area contributed by atoms with E-state index in [0.717, 1.165) is 0 Å². The van der Waals surface area contributed by atoms with Gasteiger partial charge in [0, 0.05) is 5.02 Å². The maximum Gasteiger partial charge on any atom is 0.267 e. The van der Waals surface area contributed by atoms with Gasteiger partial charge in [-0.3, -0.25) is 4.79 Å². The summed E-state index contributed by atoms with van der Waals surface area (Å²) in [6.45, 7) is 0. The van der Waals surface area contributed by atoms with Crippen molar-refractivity contribution in [3.8, 4) is 0 Å². The number of aromatic amines is 1. The molecule has 0 aliphatic rings. The van der Waals surface area contributed by atoms with Crippen molar-refractivity contribution in [2.24, 2.45) is 0 Å². The minimum absolute atomic E-state index is 0.184. The van der Waals surface area contributed by atoms with E-state index in [1.807, 2.05) is 0 Å². The van der Waals surface area contributed by atoms with E-state index in [9.17, 15) is 4.79 Å². The Kier molecular flexibility index (Phi) is 2.70. The van der Waals surface area contributed by atoms with Crippen molar-refractivity contribution in [2.75, 3.05) is 0 Å². The Morgan fingerprint density at radius 2 is 1.81 bits per heavy atom. The van der Waals surface area contributed by atoms with Crippen LogP contribution in [0.5, 0.6) is 0 Å². The first kappa shape index (κ1) is 13.0. The first-order chi connectivity index (χ1) is 10.0. The minimum Gasteiger partial charge on any atom is -0.323 e. The lowest BCUT2D eigenvalue weighted by Gasteiger charge is -2.00. The number of aromatic nitrogens is 3. The number of imidazole rings is 1. The highest BCUT2D eigenvalue weighted by Crippen LogP contribution is 2.28. The van der Waals surface area contributed by atoms with Gasteiger partial charge >= 0.3 is 0 Å². The molecule has 0 spiro atoms. The summed E-state index contributed by atoms with van der Waals surface area (Å²) in [6, 6.07) is 8.30. The van der Waals surface area contributed by atoms with E-state index in [2.05, 4.69) is 9.97 Å². The van der Waals surface area contributed by atoms with Gasteiger partial charge in [0.1, 0.15) is 0 Å². The molecule has 0 aliphatic heterocycles. The van der Waals surface area contributed by atoms with Crippen LogP contribution in [0, 0.1) is 0 Å². The second-order valence-corrected chi connectivity index (χ2v) is 5.90. The molecule has 0 amide bonds. The van der Waals surface area contributed by atoms with Gasteiger partial charge in [0.2, 0.25) is 5.78 Å². The van der Waals surface area contributed by atoms with Crippen molar-refractivity contribution in [1.82, 2.24) is 14.4 Å². The molecule has 0 aliphatic carbocycles. The third kappa shape index (κ3) is 1.83. The zero-order valence-corrected chi connectivity index (χ0v) is 12.6. The van der Waals surface area contributed by atoms with Crippen LogP contribution in [0.3, 0.4) is 0 Å². The fraction of sp³-hybridized carbons (Fsp3) is 0. The number of nitrogens with zero attached hydrogens (tertiary/aromatic N) is 2. The number of hydrogen-bond donors (Lipinski definition) is 1. The van der Waals surface area contributed by atoms with Crippen LogP contribution >= 0.6 is 34.8 Å². The van der Waals surface area contributed by atoms with E-state index in [1.165, 1.54) is 4.40 Å². The molecule has 0 saturated heterocycles. The maximum absolute atomic E-state index is 12.7. The molecule has 0 radical (unpaired) electrons. The van der Waals surface area contributed by atoms with Crippen molar-refractivity contribution in [3.05, 3.63) is 55.8 Å². The Morgan fingerprint density at radius 1 is 1.05 bits per heavy atom. The Hall–Kier alpha value is -1.75. The molecule has 0 saturated carbocycles. The predicted octanol–water partition coefficient (Wildman–Crippen LogP) is 4.29. The van der Waals surface area contributed by atoms with Gasteiger partial charge in [-0.1, -0.05) is 34.8 Å². The Morgan fingerprint density at radius 3 is 2.62 bits per heavy atom. The molecule has 21 heavy (non-hydrogen) atoms. The smallest absolute Gasteiger partial charge is 0.267 e. The van der Waals surface area contributed by atoms with Gasteiger partial charge in [-0.05, 0) is 30.3 Å². The summed E-state index contributed by atoms with van der Waals surface area (Å²) in [5.41, 5.74) is 1.68. The number of benzene rings is 2.